The van der Waals surface area contributed by atoms with Crippen LogP contribution in [0.4, 0.5) is 0 Å². The van der Waals surface area contributed by atoms with Crippen molar-refractivity contribution in [1.29, 1.82) is 5.26 Å². The number of benzene rings is 2. The van der Waals surface area contributed by atoms with Crippen molar-refractivity contribution in [3.63, 3.8) is 0 Å². The Morgan fingerprint density at radius 1 is 0.967 bits per heavy atom. The molecule has 0 aliphatic heterocycles. The Kier molecular flexibility index (Phi) is 8.44. The fourth-order valence-electron chi connectivity index (χ4n) is 2.61. The molecular formula is C22H23NO6S. The largest absolute Gasteiger partial charge is 0.497 e. The summed E-state index contributed by atoms with van der Waals surface area (Å²) in [5.41, 5.74) is 0.733. The lowest BCUT2D eigenvalue weighted by molar-refractivity contribution is 0.0594. The second kappa shape index (κ2) is 11.0. The molecule has 0 bridgehead atoms. The maximum absolute atomic E-state index is 12.5. The van der Waals surface area contributed by atoms with Gasteiger partial charge < -0.3 is 23.7 Å². The lowest BCUT2D eigenvalue weighted by Crippen LogP contribution is -2.09. The first-order chi connectivity index (χ1) is 14.5. The summed E-state index contributed by atoms with van der Waals surface area (Å²) in [5, 5.41) is 9.72. The summed E-state index contributed by atoms with van der Waals surface area (Å²) in [6.07, 6.45) is 0. The summed E-state index contributed by atoms with van der Waals surface area (Å²) in [7, 11) is 5.76. The van der Waals surface area contributed by atoms with E-state index in [9.17, 15) is 10.1 Å². The molecule has 7 nitrogen and oxygen atoms in total. The van der Waals surface area contributed by atoms with Crippen LogP contribution in [0.25, 0.3) is 5.76 Å². The molecule has 0 amide bonds. The van der Waals surface area contributed by atoms with Gasteiger partial charge in [-0.2, -0.15) is 5.26 Å². The minimum absolute atomic E-state index is 0.0885. The Morgan fingerprint density at radius 2 is 1.60 bits per heavy atom. The lowest BCUT2D eigenvalue weighted by Gasteiger charge is -2.18. The van der Waals surface area contributed by atoms with Crippen molar-refractivity contribution >= 4 is 23.5 Å². The minimum atomic E-state index is -0.639. The highest BCUT2D eigenvalue weighted by Gasteiger charge is 2.24. The Hall–Kier alpha value is -3.31. The van der Waals surface area contributed by atoms with E-state index in [1.54, 1.807) is 43.5 Å². The van der Waals surface area contributed by atoms with Crippen LogP contribution in [0, 0.1) is 11.3 Å². The van der Waals surface area contributed by atoms with E-state index in [0.717, 1.165) is 0 Å². The van der Waals surface area contributed by atoms with E-state index in [1.807, 2.05) is 6.92 Å². The number of rotatable bonds is 9. The normalized spacial score (nSPS) is 11.1. The van der Waals surface area contributed by atoms with Crippen LogP contribution in [0.15, 0.2) is 41.3 Å². The third-order valence-electron chi connectivity index (χ3n) is 4.05. The molecule has 0 radical (unpaired) electrons. The summed E-state index contributed by atoms with van der Waals surface area (Å²) in [4.78, 5) is 12.8. The van der Waals surface area contributed by atoms with Crippen LogP contribution in [0.3, 0.4) is 0 Å². The van der Waals surface area contributed by atoms with Crippen molar-refractivity contribution in [2.45, 2.75) is 6.92 Å². The van der Waals surface area contributed by atoms with Crippen LogP contribution in [0.1, 0.15) is 22.8 Å². The molecule has 0 heterocycles. The van der Waals surface area contributed by atoms with Crippen LogP contribution in [0.5, 0.6) is 23.0 Å². The molecule has 158 valence electrons. The fraction of sp³-hybridized carbons (Fsp3) is 0.273. The number of nitrogens with zero attached hydrogens (tertiary/aromatic N) is 1. The molecule has 2 aromatic rings. The smallest absolute Gasteiger partial charge is 0.345 e. The molecule has 0 atom stereocenters. The maximum atomic E-state index is 12.5. The molecule has 0 N–H and O–H groups in total. The number of carbonyl (C=O) groups excluding carboxylic acids is 1. The topological polar surface area (TPSA) is 87.0 Å². The van der Waals surface area contributed by atoms with Gasteiger partial charge in [0.05, 0.1) is 28.4 Å². The van der Waals surface area contributed by atoms with Crippen LogP contribution >= 0.6 is 11.8 Å². The maximum Gasteiger partial charge on any atom is 0.345 e. The Balaban J connectivity index is 2.70. The number of nitriles is 1. The first-order valence-corrected chi connectivity index (χ1v) is 9.95. The first kappa shape index (κ1) is 23.0. The zero-order chi connectivity index (χ0) is 22.1. The van der Waals surface area contributed by atoms with Gasteiger partial charge in [0.15, 0.2) is 5.76 Å². The predicted octanol–water partition coefficient (Wildman–Crippen LogP) is 4.52. The molecule has 2 rings (SSSR count). The molecule has 2 aromatic carbocycles. The average Bonchev–Trinajstić information content (AvgIpc) is 2.80. The van der Waals surface area contributed by atoms with Crippen molar-refractivity contribution in [3.05, 3.63) is 52.4 Å². The van der Waals surface area contributed by atoms with Gasteiger partial charge in [0.1, 0.15) is 39.5 Å². The van der Waals surface area contributed by atoms with Gasteiger partial charge in [-0.15, -0.1) is 11.8 Å². The average molecular weight is 429 g/mol. The van der Waals surface area contributed by atoms with E-state index in [0.29, 0.717) is 33.5 Å². The SMILES string of the molecule is CCS/C(C#N)=C(/Oc1cc(OC)cc(OC)c1C(=O)OC)c1ccc(OC)cc1. The van der Waals surface area contributed by atoms with E-state index in [4.69, 9.17) is 23.7 Å². The van der Waals surface area contributed by atoms with Gasteiger partial charge in [-0.3, -0.25) is 0 Å². The highest BCUT2D eigenvalue weighted by atomic mass is 32.2. The Bertz CT molecular complexity index is 963. The molecule has 0 spiro atoms. The summed E-state index contributed by atoms with van der Waals surface area (Å²) in [6, 6.07) is 12.4. The van der Waals surface area contributed by atoms with E-state index < -0.39 is 5.97 Å². The van der Waals surface area contributed by atoms with Crippen molar-refractivity contribution in [2.75, 3.05) is 34.2 Å². The Morgan fingerprint density at radius 3 is 2.10 bits per heavy atom. The van der Waals surface area contributed by atoms with Crippen LogP contribution in [0.2, 0.25) is 0 Å². The fourth-order valence-corrected chi connectivity index (χ4v) is 3.25. The molecular weight excluding hydrogens is 406 g/mol. The first-order valence-electron chi connectivity index (χ1n) is 8.96. The monoisotopic (exact) mass is 429 g/mol. The number of esters is 1. The van der Waals surface area contributed by atoms with Crippen molar-refractivity contribution in [3.8, 4) is 29.1 Å². The standard InChI is InChI=1S/C22H23NO6S/c1-6-30-19(13-23)21(14-7-9-15(25-2)10-8-14)29-18-12-16(26-3)11-17(27-4)20(18)22(24)28-5/h7-12H,6H2,1-5H3/b21-19+. The third-order valence-corrected chi connectivity index (χ3v) is 4.90. The number of thioether (sulfide) groups is 1. The second-order valence-electron chi connectivity index (χ2n) is 5.73. The van der Waals surface area contributed by atoms with Crippen molar-refractivity contribution < 1.29 is 28.5 Å². The number of ether oxygens (including phenoxy) is 5. The summed E-state index contributed by atoms with van der Waals surface area (Å²) < 4.78 is 26.9. The van der Waals surface area contributed by atoms with Crippen LogP contribution in [-0.4, -0.2) is 40.2 Å². The van der Waals surface area contributed by atoms with Crippen molar-refractivity contribution in [1.82, 2.24) is 0 Å². The van der Waals surface area contributed by atoms with Gasteiger partial charge in [0.25, 0.3) is 0 Å². The lowest BCUT2D eigenvalue weighted by atomic mass is 10.1. The molecule has 0 aliphatic carbocycles. The molecule has 0 aromatic heterocycles. The van der Waals surface area contributed by atoms with E-state index >= 15 is 0 Å². The molecule has 0 unspecified atom stereocenters. The molecule has 8 heteroatoms. The zero-order valence-electron chi connectivity index (χ0n) is 17.5. The van der Waals surface area contributed by atoms with Crippen LogP contribution in [-0.2, 0) is 4.74 Å². The van der Waals surface area contributed by atoms with Gasteiger partial charge in [-0.05, 0) is 30.0 Å². The van der Waals surface area contributed by atoms with Gasteiger partial charge >= 0.3 is 5.97 Å². The third kappa shape index (κ3) is 5.19. The summed E-state index contributed by atoms with van der Waals surface area (Å²) in [5.74, 6) is 1.79. The zero-order valence-corrected chi connectivity index (χ0v) is 18.3. The minimum Gasteiger partial charge on any atom is -0.497 e. The van der Waals surface area contributed by atoms with E-state index in [1.165, 1.54) is 33.1 Å². The van der Waals surface area contributed by atoms with Crippen molar-refractivity contribution in [2.24, 2.45) is 0 Å². The quantitative estimate of drug-likeness (QED) is 0.327. The number of methoxy groups -OCH3 is 4. The van der Waals surface area contributed by atoms with Crippen LogP contribution < -0.4 is 18.9 Å². The summed E-state index contributed by atoms with van der Waals surface area (Å²) in [6.45, 7) is 1.93. The van der Waals surface area contributed by atoms with E-state index in [2.05, 4.69) is 6.07 Å². The molecule has 0 saturated carbocycles. The van der Waals surface area contributed by atoms with Gasteiger partial charge in [-0.25, -0.2) is 4.79 Å². The highest BCUT2D eigenvalue weighted by molar-refractivity contribution is 8.03. The number of hydrogen-bond acceptors (Lipinski definition) is 8. The predicted molar refractivity (Wildman–Crippen MR) is 115 cm³/mol. The highest BCUT2D eigenvalue weighted by Crippen LogP contribution is 2.38. The summed E-state index contributed by atoms with van der Waals surface area (Å²) >= 11 is 1.33. The second-order valence-corrected chi connectivity index (χ2v) is 7.00. The molecule has 0 fully saturated rings. The number of hydrogen-bond donors (Lipinski definition) is 0. The molecule has 0 saturated heterocycles. The van der Waals surface area contributed by atoms with Gasteiger partial charge in [0, 0.05) is 17.7 Å². The number of carbonyl (C=O) groups is 1. The van der Waals surface area contributed by atoms with E-state index in [-0.39, 0.29) is 17.1 Å². The van der Waals surface area contributed by atoms with Gasteiger partial charge in [-0.1, -0.05) is 6.92 Å². The van der Waals surface area contributed by atoms with Gasteiger partial charge in [0.2, 0.25) is 0 Å². The molecule has 30 heavy (non-hydrogen) atoms. The number of allylic oxidation sites excluding steroid dienone is 1. The Labute approximate surface area is 180 Å². The molecule has 0 aliphatic rings.